The Bertz CT molecular complexity index is 660. The molecule has 0 fully saturated rings. The van der Waals surface area contributed by atoms with Gasteiger partial charge in [0.2, 0.25) is 5.82 Å². The number of benzene rings is 1. The molecule has 2 amide bonds. The van der Waals surface area contributed by atoms with E-state index in [9.17, 15) is 9.59 Å². The van der Waals surface area contributed by atoms with Crippen LogP contribution in [0, 0.1) is 6.92 Å². The summed E-state index contributed by atoms with van der Waals surface area (Å²) in [5.74, 6) is -0.337. The fourth-order valence-corrected chi connectivity index (χ4v) is 1.74. The Hall–Kier alpha value is -2.57. The van der Waals surface area contributed by atoms with Crippen molar-refractivity contribution < 1.29 is 14.7 Å². The molecule has 0 atom stereocenters. The zero-order valence-electron chi connectivity index (χ0n) is 10.8. The number of aromatic nitrogens is 2. The minimum absolute atomic E-state index is 0.0352. The second-order valence-electron chi connectivity index (χ2n) is 4.38. The maximum absolute atomic E-state index is 12.0. The average molecular weight is 262 g/mol. The summed E-state index contributed by atoms with van der Waals surface area (Å²) in [7, 11) is 3.16. The van der Waals surface area contributed by atoms with E-state index in [-0.39, 0.29) is 11.7 Å². The van der Waals surface area contributed by atoms with Gasteiger partial charge in [0.25, 0.3) is 5.91 Å². The topological polar surface area (TPSA) is 87.5 Å². The Morgan fingerprint density at radius 2 is 2.05 bits per heavy atom. The highest BCUT2D eigenvalue weighted by Gasteiger charge is 2.20. The third kappa shape index (κ3) is 2.35. The molecule has 0 saturated heterocycles. The highest BCUT2D eigenvalue weighted by Crippen LogP contribution is 2.17. The molecule has 1 aromatic carbocycles. The summed E-state index contributed by atoms with van der Waals surface area (Å²) >= 11 is 0. The second kappa shape index (κ2) is 4.60. The lowest BCUT2D eigenvalue weighted by Gasteiger charge is -2.11. The van der Waals surface area contributed by atoms with Crippen molar-refractivity contribution in [3.05, 3.63) is 29.6 Å². The number of hydrogen-bond donors (Lipinski definition) is 2. The zero-order chi connectivity index (χ0) is 14.2. The number of imidazole rings is 1. The number of amides is 2. The molecular formula is C12H14N4O3. The first kappa shape index (κ1) is 12.9. The van der Waals surface area contributed by atoms with Gasteiger partial charge in [-0.05, 0) is 24.6 Å². The first-order valence-electron chi connectivity index (χ1n) is 5.61. The lowest BCUT2D eigenvalue weighted by atomic mass is 10.2. The van der Waals surface area contributed by atoms with Crippen LogP contribution in [-0.2, 0) is 0 Å². The number of nitrogens with one attached hydrogen (secondary N) is 1. The molecular weight excluding hydrogens is 248 g/mol. The highest BCUT2D eigenvalue weighted by atomic mass is 16.4. The van der Waals surface area contributed by atoms with Crippen LogP contribution in [0.5, 0.6) is 0 Å². The summed E-state index contributed by atoms with van der Waals surface area (Å²) in [5.41, 5.74) is 4.27. The van der Waals surface area contributed by atoms with E-state index < -0.39 is 6.09 Å². The molecule has 7 heteroatoms. The number of carbonyl (C=O) groups excluding carboxylic acids is 1. The summed E-state index contributed by atoms with van der Waals surface area (Å²) < 4.78 is 1.18. The van der Waals surface area contributed by atoms with Crippen molar-refractivity contribution >= 4 is 23.0 Å². The SMILES string of the molecule is Cc1ccc2c(c1)nc(C(=O)N(C)C)n2NC(=O)O. The number of carbonyl (C=O) groups is 2. The smallest absolute Gasteiger partial charge is 0.424 e. The Labute approximate surface area is 109 Å². The van der Waals surface area contributed by atoms with Crippen LogP contribution >= 0.6 is 0 Å². The lowest BCUT2D eigenvalue weighted by Crippen LogP contribution is -2.30. The standard InChI is InChI=1S/C12H14N4O3/c1-7-4-5-9-8(6-7)13-10(11(17)15(2)3)16(9)14-12(18)19/h4-6,14H,1-3H3,(H,18,19). The Balaban J connectivity index is 2.67. The molecule has 1 aromatic heterocycles. The van der Waals surface area contributed by atoms with Gasteiger partial charge < -0.3 is 10.0 Å². The van der Waals surface area contributed by atoms with E-state index in [2.05, 4.69) is 10.4 Å². The van der Waals surface area contributed by atoms with Crippen molar-refractivity contribution in [1.82, 2.24) is 14.6 Å². The molecule has 0 radical (unpaired) electrons. The van der Waals surface area contributed by atoms with Crippen LogP contribution < -0.4 is 5.43 Å². The highest BCUT2D eigenvalue weighted by molar-refractivity contribution is 5.96. The first-order chi connectivity index (χ1) is 8.90. The Morgan fingerprint density at radius 3 is 2.63 bits per heavy atom. The van der Waals surface area contributed by atoms with Crippen molar-refractivity contribution in [1.29, 1.82) is 0 Å². The largest absolute Gasteiger partial charge is 0.464 e. The molecule has 0 bridgehead atoms. The third-order valence-electron chi connectivity index (χ3n) is 2.61. The quantitative estimate of drug-likeness (QED) is 0.853. The molecule has 2 rings (SSSR count). The summed E-state index contributed by atoms with van der Waals surface area (Å²) in [6.45, 7) is 1.90. The molecule has 0 aliphatic heterocycles. The fourth-order valence-electron chi connectivity index (χ4n) is 1.74. The first-order valence-corrected chi connectivity index (χ1v) is 5.61. The summed E-state index contributed by atoms with van der Waals surface area (Å²) in [4.78, 5) is 28.4. The Kier molecular flexibility index (Phi) is 3.12. The minimum Gasteiger partial charge on any atom is -0.464 e. The van der Waals surface area contributed by atoms with Gasteiger partial charge in [-0.3, -0.25) is 4.79 Å². The predicted molar refractivity (Wildman–Crippen MR) is 69.9 cm³/mol. The van der Waals surface area contributed by atoms with Gasteiger partial charge in [0, 0.05) is 14.1 Å². The third-order valence-corrected chi connectivity index (χ3v) is 2.61. The lowest BCUT2D eigenvalue weighted by molar-refractivity contribution is 0.0813. The van der Waals surface area contributed by atoms with Gasteiger partial charge in [-0.15, -0.1) is 0 Å². The van der Waals surface area contributed by atoms with Crippen molar-refractivity contribution in [3.8, 4) is 0 Å². The monoisotopic (exact) mass is 262 g/mol. The summed E-state index contributed by atoms with van der Waals surface area (Å²) in [6, 6.07) is 5.34. The second-order valence-corrected chi connectivity index (χ2v) is 4.38. The fraction of sp³-hybridized carbons (Fsp3) is 0.250. The van der Waals surface area contributed by atoms with Gasteiger partial charge >= 0.3 is 6.09 Å². The molecule has 2 aromatic rings. The van der Waals surface area contributed by atoms with E-state index in [1.54, 1.807) is 26.2 Å². The normalized spacial score (nSPS) is 10.5. The molecule has 2 N–H and O–H groups in total. The maximum atomic E-state index is 12.0. The summed E-state index contributed by atoms with van der Waals surface area (Å²) in [6.07, 6.45) is -1.26. The van der Waals surface area contributed by atoms with E-state index in [0.717, 1.165) is 5.56 Å². The van der Waals surface area contributed by atoms with Gasteiger partial charge in [0.1, 0.15) is 0 Å². The molecule has 0 aliphatic carbocycles. The average Bonchev–Trinajstić information content (AvgIpc) is 2.65. The van der Waals surface area contributed by atoms with Crippen molar-refractivity contribution in [2.45, 2.75) is 6.92 Å². The van der Waals surface area contributed by atoms with Gasteiger partial charge in [-0.25, -0.2) is 19.9 Å². The van der Waals surface area contributed by atoms with E-state index in [1.807, 2.05) is 13.0 Å². The van der Waals surface area contributed by atoms with Gasteiger partial charge in [-0.1, -0.05) is 6.07 Å². The van der Waals surface area contributed by atoms with Crippen LogP contribution in [0.25, 0.3) is 11.0 Å². The van der Waals surface area contributed by atoms with Crippen LogP contribution in [0.1, 0.15) is 16.2 Å². The van der Waals surface area contributed by atoms with Crippen molar-refractivity contribution in [2.75, 3.05) is 19.5 Å². The van der Waals surface area contributed by atoms with Crippen LogP contribution in [0.3, 0.4) is 0 Å². The van der Waals surface area contributed by atoms with E-state index >= 15 is 0 Å². The van der Waals surface area contributed by atoms with Crippen LogP contribution in [0.2, 0.25) is 0 Å². The number of nitrogens with zero attached hydrogens (tertiary/aromatic N) is 3. The van der Waals surface area contributed by atoms with Crippen molar-refractivity contribution in [2.24, 2.45) is 0 Å². The van der Waals surface area contributed by atoms with Gasteiger partial charge in [-0.2, -0.15) is 0 Å². The molecule has 7 nitrogen and oxygen atoms in total. The number of carboxylic acid groups (broad SMARTS) is 1. The molecule has 1 heterocycles. The minimum atomic E-state index is -1.26. The number of rotatable bonds is 2. The van der Waals surface area contributed by atoms with E-state index in [0.29, 0.717) is 11.0 Å². The van der Waals surface area contributed by atoms with Crippen LogP contribution in [0.4, 0.5) is 4.79 Å². The summed E-state index contributed by atoms with van der Waals surface area (Å²) in [5, 5.41) is 8.86. The molecule has 0 saturated carbocycles. The molecule has 0 spiro atoms. The number of hydrogen-bond acceptors (Lipinski definition) is 3. The van der Waals surface area contributed by atoms with Crippen LogP contribution in [-0.4, -0.2) is 45.8 Å². The molecule has 0 unspecified atom stereocenters. The number of fused-ring (bicyclic) bond motifs is 1. The van der Waals surface area contributed by atoms with Gasteiger partial charge in [0.05, 0.1) is 11.0 Å². The van der Waals surface area contributed by atoms with E-state index in [1.165, 1.54) is 9.58 Å². The maximum Gasteiger partial charge on any atom is 0.424 e. The molecule has 19 heavy (non-hydrogen) atoms. The Morgan fingerprint density at radius 1 is 1.37 bits per heavy atom. The number of aryl methyl sites for hydroxylation is 1. The molecule has 100 valence electrons. The van der Waals surface area contributed by atoms with E-state index in [4.69, 9.17) is 5.11 Å². The molecule has 0 aliphatic rings. The van der Waals surface area contributed by atoms with Gasteiger partial charge in [0.15, 0.2) is 0 Å². The zero-order valence-corrected chi connectivity index (χ0v) is 10.8. The van der Waals surface area contributed by atoms with Crippen molar-refractivity contribution in [3.63, 3.8) is 0 Å². The van der Waals surface area contributed by atoms with Crippen LogP contribution in [0.15, 0.2) is 18.2 Å². The predicted octanol–water partition coefficient (Wildman–Crippen LogP) is 1.27.